The second-order valence-electron chi connectivity index (χ2n) is 4.07. The van der Waals surface area contributed by atoms with E-state index in [0.717, 1.165) is 6.92 Å². The Labute approximate surface area is 99.6 Å². The van der Waals surface area contributed by atoms with Crippen molar-refractivity contribution in [2.24, 2.45) is 5.73 Å². The Morgan fingerprint density at radius 3 is 2.11 bits per heavy atom. The first-order chi connectivity index (χ1) is 8.02. The van der Waals surface area contributed by atoms with Crippen LogP contribution in [0.1, 0.15) is 24.5 Å². The summed E-state index contributed by atoms with van der Waals surface area (Å²) in [6.07, 6.45) is -5.62. The van der Waals surface area contributed by atoms with E-state index < -0.39 is 41.1 Å². The van der Waals surface area contributed by atoms with E-state index in [1.165, 1.54) is 0 Å². The first-order valence-corrected chi connectivity index (χ1v) is 4.88. The van der Waals surface area contributed by atoms with Crippen LogP contribution < -0.4 is 5.73 Å². The van der Waals surface area contributed by atoms with Crippen molar-refractivity contribution < 1.29 is 26.7 Å². The van der Waals surface area contributed by atoms with E-state index in [1.54, 1.807) is 0 Å². The van der Waals surface area contributed by atoms with Gasteiger partial charge in [0.05, 0.1) is 12.0 Å². The van der Waals surface area contributed by atoms with Crippen molar-refractivity contribution in [3.63, 3.8) is 0 Å². The van der Waals surface area contributed by atoms with Crippen LogP contribution in [-0.4, -0.2) is 5.91 Å². The molecule has 1 aromatic carbocycles. The van der Waals surface area contributed by atoms with Gasteiger partial charge in [0.2, 0.25) is 5.91 Å². The lowest BCUT2D eigenvalue weighted by Crippen LogP contribution is -2.25. The maximum absolute atomic E-state index is 14.0. The van der Waals surface area contributed by atoms with E-state index in [9.17, 15) is 26.7 Å². The van der Waals surface area contributed by atoms with Gasteiger partial charge in [0.15, 0.2) is 0 Å². The van der Waals surface area contributed by atoms with Gasteiger partial charge in [-0.3, -0.25) is 4.79 Å². The number of carbonyl (C=O) groups is 1. The lowest BCUT2D eigenvalue weighted by Gasteiger charge is -2.20. The molecule has 1 aromatic rings. The number of alkyl halides is 4. The Morgan fingerprint density at radius 1 is 1.17 bits per heavy atom. The van der Waals surface area contributed by atoms with Gasteiger partial charge in [0.25, 0.3) is 0 Å². The zero-order valence-corrected chi connectivity index (χ0v) is 9.31. The molecule has 0 radical (unpaired) electrons. The van der Waals surface area contributed by atoms with Crippen LogP contribution >= 0.6 is 0 Å². The number of hydrogen-bond acceptors (Lipinski definition) is 1. The molecule has 0 spiro atoms. The highest BCUT2D eigenvalue weighted by atomic mass is 19.4. The Hall–Kier alpha value is -1.66. The predicted octanol–water partition coefficient (Wildman–Crippen LogP) is 2.90. The average Bonchev–Trinajstić information content (AvgIpc) is 2.13. The molecule has 1 unspecified atom stereocenters. The minimum absolute atomic E-state index is 0.254. The number of amides is 1. The van der Waals surface area contributed by atoms with Crippen LogP contribution in [0.2, 0.25) is 0 Å². The van der Waals surface area contributed by atoms with Gasteiger partial charge >= 0.3 is 6.18 Å². The lowest BCUT2D eigenvalue weighted by atomic mass is 9.92. The molecule has 0 fully saturated rings. The molecule has 0 saturated carbocycles. The van der Waals surface area contributed by atoms with Crippen LogP contribution in [0.4, 0.5) is 22.0 Å². The first kappa shape index (κ1) is 14.4. The SMILES string of the molecule is CC(F)(CC(N)=O)c1cc(F)cc(C(F)(F)F)c1. The molecule has 0 aliphatic heterocycles. The summed E-state index contributed by atoms with van der Waals surface area (Å²) in [6.45, 7) is 0.868. The first-order valence-electron chi connectivity index (χ1n) is 4.88. The molecule has 7 heteroatoms. The Kier molecular flexibility index (Phi) is 3.64. The second kappa shape index (κ2) is 4.55. The highest BCUT2D eigenvalue weighted by Crippen LogP contribution is 2.35. The molecule has 1 amide bonds. The third-order valence-electron chi connectivity index (χ3n) is 2.33. The minimum Gasteiger partial charge on any atom is -0.370 e. The van der Waals surface area contributed by atoms with E-state index in [-0.39, 0.29) is 6.07 Å². The third-order valence-corrected chi connectivity index (χ3v) is 2.33. The summed E-state index contributed by atoms with van der Waals surface area (Å²) in [4.78, 5) is 10.6. The molecule has 0 bridgehead atoms. The quantitative estimate of drug-likeness (QED) is 0.841. The van der Waals surface area contributed by atoms with Crippen molar-refractivity contribution in [3.05, 3.63) is 35.1 Å². The number of primary amides is 1. The fourth-order valence-electron chi connectivity index (χ4n) is 1.48. The zero-order chi connectivity index (χ0) is 14.1. The fourth-order valence-corrected chi connectivity index (χ4v) is 1.48. The van der Waals surface area contributed by atoms with E-state index in [4.69, 9.17) is 5.73 Å². The molecule has 2 N–H and O–H groups in total. The monoisotopic (exact) mass is 267 g/mol. The van der Waals surface area contributed by atoms with E-state index >= 15 is 0 Å². The molecule has 1 atom stereocenters. The third kappa shape index (κ3) is 3.41. The Balaban J connectivity index is 3.25. The summed E-state index contributed by atoms with van der Waals surface area (Å²) < 4.78 is 64.3. The van der Waals surface area contributed by atoms with E-state index in [2.05, 4.69) is 0 Å². The van der Waals surface area contributed by atoms with Crippen molar-refractivity contribution >= 4 is 5.91 Å². The van der Waals surface area contributed by atoms with Gasteiger partial charge in [-0.25, -0.2) is 8.78 Å². The fraction of sp³-hybridized carbons (Fsp3) is 0.364. The summed E-state index contributed by atoms with van der Waals surface area (Å²) in [5, 5.41) is 0. The minimum atomic E-state index is -4.79. The van der Waals surface area contributed by atoms with Gasteiger partial charge in [0, 0.05) is 0 Å². The molecular weight excluding hydrogens is 257 g/mol. The topological polar surface area (TPSA) is 43.1 Å². The van der Waals surface area contributed by atoms with E-state index in [0.29, 0.717) is 12.1 Å². The predicted molar refractivity (Wildman–Crippen MR) is 53.7 cm³/mol. The molecule has 18 heavy (non-hydrogen) atoms. The lowest BCUT2D eigenvalue weighted by molar-refractivity contribution is -0.137. The molecule has 0 aliphatic rings. The van der Waals surface area contributed by atoms with Gasteiger partial charge in [-0.05, 0) is 30.7 Å². The molecule has 0 aliphatic carbocycles. The summed E-state index contributed by atoms with van der Waals surface area (Å²) in [5.41, 5.74) is 0.443. The van der Waals surface area contributed by atoms with Crippen LogP contribution in [0.25, 0.3) is 0 Å². The highest BCUT2D eigenvalue weighted by molar-refractivity contribution is 5.75. The van der Waals surface area contributed by atoms with Gasteiger partial charge in [-0.1, -0.05) is 0 Å². The van der Waals surface area contributed by atoms with Crippen LogP contribution in [0, 0.1) is 5.82 Å². The molecule has 1 rings (SSSR count). The van der Waals surface area contributed by atoms with Crippen molar-refractivity contribution in [1.29, 1.82) is 0 Å². The summed E-state index contributed by atoms with van der Waals surface area (Å²) in [5.74, 6) is -2.26. The van der Waals surface area contributed by atoms with Gasteiger partial charge in [0.1, 0.15) is 11.5 Å². The summed E-state index contributed by atoms with van der Waals surface area (Å²) in [7, 11) is 0. The molecular formula is C11H10F5NO. The maximum Gasteiger partial charge on any atom is 0.416 e. The number of hydrogen-bond donors (Lipinski definition) is 1. The van der Waals surface area contributed by atoms with Gasteiger partial charge in [-0.2, -0.15) is 13.2 Å². The van der Waals surface area contributed by atoms with Crippen LogP contribution in [0.3, 0.4) is 0 Å². The number of rotatable bonds is 3. The smallest absolute Gasteiger partial charge is 0.370 e. The summed E-state index contributed by atoms with van der Waals surface area (Å²) >= 11 is 0. The molecule has 100 valence electrons. The normalized spacial score (nSPS) is 15.2. The number of nitrogens with two attached hydrogens (primary N) is 1. The molecule has 2 nitrogen and oxygen atoms in total. The second-order valence-corrected chi connectivity index (χ2v) is 4.07. The van der Waals surface area contributed by atoms with Crippen LogP contribution in [0.5, 0.6) is 0 Å². The maximum atomic E-state index is 14.0. The van der Waals surface area contributed by atoms with Gasteiger partial charge < -0.3 is 5.73 Å². The number of benzene rings is 1. The Morgan fingerprint density at radius 2 is 1.67 bits per heavy atom. The number of carbonyl (C=O) groups excluding carboxylic acids is 1. The average molecular weight is 267 g/mol. The largest absolute Gasteiger partial charge is 0.416 e. The van der Waals surface area contributed by atoms with Crippen molar-refractivity contribution in [1.82, 2.24) is 0 Å². The molecule has 0 saturated heterocycles. The standard InChI is InChI=1S/C11H10F5NO/c1-10(13,5-9(17)18)6-2-7(11(14,15)16)4-8(12)3-6/h2-4H,5H2,1H3,(H2,17,18). The Bertz CT molecular complexity index is 467. The number of halogens is 5. The summed E-state index contributed by atoms with van der Waals surface area (Å²) in [6, 6.07) is 1.33. The van der Waals surface area contributed by atoms with Crippen molar-refractivity contribution in [3.8, 4) is 0 Å². The molecule has 0 aromatic heterocycles. The van der Waals surface area contributed by atoms with Gasteiger partial charge in [-0.15, -0.1) is 0 Å². The highest BCUT2D eigenvalue weighted by Gasteiger charge is 2.35. The van der Waals surface area contributed by atoms with Crippen LogP contribution in [0.15, 0.2) is 18.2 Å². The van der Waals surface area contributed by atoms with Crippen molar-refractivity contribution in [2.75, 3.05) is 0 Å². The van der Waals surface area contributed by atoms with Crippen LogP contribution in [-0.2, 0) is 16.6 Å². The van der Waals surface area contributed by atoms with E-state index in [1.807, 2.05) is 0 Å². The van der Waals surface area contributed by atoms with Crippen molar-refractivity contribution in [2.45, 2.75) is 25.2 Å². The zero-order valence-electron chi connectivity index (χ0n) is 9.31. The molecule has 0 heterocycles.